The van der Waals surface area contributed by atoms with Crippen molar-refractivity contribution < 1.29 is 14.0 Å². The van der Waals surface area contributed by atoms with Gasteiger partial charge in [0.25, 0.3) is 5.91 Å². The van der Waals surface area contributed by atoms with Gasteiger partial charge in [-0.05, 0) is 12.1 Å². The van der Waals surface area contributed by atoms with Crippen molar-refractivity contribution in [3.8, 4) is 10.6 Å². The number of carbonyl (C=O) groups excluding carboxylic acids is 2. The van der Waals surface area contributed by atoms with Crippen molar-refractivity contribution in [1.82, 2.24) is 19.7 Å². The SMILES string of the molecule is CN(C)C(=O)N1CCN(C(=O)c2csc(-c3ccccc3F)n2)CC1. The van der Waals surface area contributed by atoms with E-state index in [9.17, 15) is 14.0 Å². The zero-order chi connectivity index (χ0) is 18.0. The molecule has 6 nitrogen and oxygen atoms in total. The molecule has 1 aliphatic heterocycles. The van der Waals surface area contributed by atoms with E-state index < -0.39 is 0 Å². The molecule has 0 aliphatic carbocycles. The van der Waals surface area contributed by atoms with E-state index >= 15 is 0 Å². The Balaban J connectivity index is 1.67. The van der Waals surface area contributed by atoms with Crippen molar-refractivity contribution in [1.29, 1.82) is 0 Å². The number of nitrogens with zero attached hydrogens (tertiary/aromatic N) is 4. The van der Waals surface area contributed by atoms with Crippen LogP contribution in [0.15, 0.2) is 29.6 Å². The van der Waals surface area contributed by atoms with Crippen LogP contribution < -0.4 is 0 Å². The molecule has 2 aromatic rings. The van der Waals surface area contributed by atoms with E-state index in [2.05, 4.69) is 4.98 Å². The minimum absolute atomic E-state index is 0.0532. The number of halogens is 1. The van der Waals surface area contributed by atoms with Gasteiger partial charge in [0.05, 0.1) is 0 Å². The Morgan fingerprint density at radius 2 is 1.76 bits per heavy atom. The van der Waals surface area contributed by atoms with E-state index in [0.717, 1.165) is 0 Å². The van der Waals surface area contributed by atoms with E-state index in [1.54, 1.807) is 47.5 Å². The minimum Gasteiger partial charge on any atom is -0.334 e. The van der Waals surface area contributed by atoms with Crippen LogP contribution in [0.25, 0.3) is 10.6 Å². The van der Waals surface area contributed by atoms with Gasteiger partial charge in [0.1, 0.15) is 16.5 Å². The van der Waals surface area contributed by atoms with Crippen LogP contribution in [0.1, 0.15) is 10.5 Å². The summed E-state index contributed by atoms with van der Waals surface area (Å²) in [7, 11) is 3.42. The molecule has 0 atom stereocenters. The third-order valence-electron chi connectivity index (χ3n) is 4.05. The van der Waals surface area contributed by atoms with Crippen molar-refractivity contribution in [2.75, 3.05) is 40.3 Å². The highest BCUT2D eigenvalue weighted by Crippen LogP contribution is 2.26. The lowest BCUT2D eigenvalue weighted by Crippen LogP contribution is -2.52. The number of hydrogen-bond donors (Lipinski definition) is 0. The van der Waals surface area contributed by atoms with E-state index in [4.69, 9.17) is 0 Å². The highest BCUT2D eigenvalue weighted by atomic mass is 32.1. The highest BCUT2D eigenvalue weighted by molar-refractivity contribution is 7.13. The molecule has 1 aliphatic rings. The Morgan fingerprint density at radius 3 is 2.40 bits per heavy atom. The molecule has 0 bridgehead atoms. The average Bonchev–Trinajstić information content (AvgIpc) is 3.10. The maximum Gasteiger partial charge on any atom is 0.319 e. The van der Waals surface area contributed by atoms with E-state index in [-0.39, 0.29) is 17.8 Å². The van der Waals surface area contributed by atoms with Gasteiger partial charge in [-0.25, -0.2) is 14.2 Å². The molecule has 0 saturated carbocycles. The monoisotopic (exact) mass is 362 g/mol. The summed E-state index contributed by atoms with van der Waals surface area (Å²) in [5.74, 6) is -0.539. The smallest absolute Gasteiger partial charge is 0.319 e. The normalized spacial score (nSPS) is 14.5. The van der Waals surface area contributed by atoms with Crippen LogP contribution in [0.3, 0.4) is 0 Å². The van der Waals surface area contributed by atoms with E-state index in [1.807, 2.05) is 0 Å². The summed E-state index contributed by atoms with van der Waals surface area (Å²) in [4.78, 5) is 33.8. The number of rotatable bonds is 2. The summed E-state index contributed by atoms with van der Waals surface area (Å²) in [6.07, 6.45) is 0. The van der Waals surface area contributed by atoms with Crippen LogP contribution in [-0.4, -0.2) is 71.9 Å². The molecule has 3 amide bonds. The fraction of sp³-hybridized carbons (Fsp3) is 0.353. The van der Waals surface area contributed by atoms with Crippen LogP contribution in [0.5, 0.6) is 0 Å². The molecule has 132 valence electrons. The van der Waals surface area contributed by atoms with Gasteiger partial charge in [-0.3, -0.25) is 4.79 Å². The lowest BCUT2D eigenvalue weighted by atomic mass is 10.2. The lowest BCUT2D eigenvalue weighted by molar-refractivity contribution is 0.0645. The van der Waals surface area contributed by atoms with Gasteiger partial charge >= 0.3 is 6.03 Å². The summed E-state index contributed by atoms with van der Waals surface area (Å²) in [6.45, 7) is 1.91. The number of aromatic nitrogens is 1. The molecule has 0 radical (unpaired) electrons. The van der Waals surface area contributed by atoms with Crippen molar-refractivity contribution >= 4 is 23.3 Å². The number of amides is 3. The van der Waals surface area contributed by atoms with Gasteiger partial charge in [0.15, 0.2) is 0 Å². The van der Waals surface area contributed by atoms with Crippen molar-refractivity contribution in [3.05, 3.63) is 41.2 Å². The number of thiazole rings is 1. The van der Waals surface area contributed by atoms with Gasteiger partial charge in [-0.15, -0.1) is 11.3 Å². The average molecular weight is 362 g/mol. The Bertz CT molecular complexity index is 784. The van der Waals surface area contributed by atoms with Crippen molar-refractivity contribution in [3.63, 3.8) is 0 Å². The largest absolute Gasteiger partial charge is 0.334 e. The molecule has 0 spiro atoms. The Hall–Kier alpha value is -2.48. The third-order valence-corrected chi connectivity index (χ3v) is 4.92. The first kappa shape index (κ1) is 17.3. The van der Waals surface area contributed by atoms with Gasteiger partial charge in [-0.1, -0.05) is 12.1 Å². The predicted octanol–water partition coefficient (Wildman–Crippen LogP) is 2.39. The van der Waals surface area contributed by atoms with Gasteiger partial charge in [-0.2, -0.15) is 0 Å². The number of carbonyl (C=O) groups is 2. The molecule has 1 saturated heterocycles. The molecule has 1 aromatic heterocycles. The molecule has 1 aromatic carbocycles. The molecule has 8 heteroatoms. The summed E-state index contributed by atoms with van der Waals surface area (Å²) < 4.78 is 13.9. The molecule has 1 fully saturated rings. The number of urea groups is 1. The van der Waals surface area contributed by atoms with Crippen LogP contribution in [0.4, 0.5) is 9.18 Å². The second-order valence-electron chi connectivity index (χ2n) is 5.97. The zero-order valence-electron chi connectivity index (χ0n) is 14.1. The first-order valence-electron chi connectivity index (χ1n) is 7.93. The van der Waals surface area contributed by atoms with Gasteiger partial charge in [0, 0.05) is 51.2 Å². The fourth-order valence-corrected chi connectivity index (χ4v) is 3.50. The maximum atomic E-state index is 13.9. The van der Waals surface area contributed by atoms with Crippen LogP contribution in [0, 0.1) is 5.82 Å². The van der Waals surface area contributed by atoms with Crippen molar-refractivity contribution in [2.24, 2.45) is 0 Å². The van der Waals surface area contributed by atoms with E-state index in [0.29, 0.717) is 42.4 Å². The molecule has 0 unspecified atom stereocenters. The predicted molar refractivity (Wildman–Crippen MR) is 94.1 cm³/mol. The Labute approximate surface area is 149 Å². The number of hydrogen-bond acceptors (Lipinski definition) is 4. The maximum absolute atomic E-state index is 13.9. The first-order valence-corrected chi connectivity index (χ1v) is 8.81. The summed E-state index contributed by atoms with van der Waals surface area (Å²) in [5, 5.41) is 2.14. The highest BCUT2D eigenvalue weighted by Gasteiger charge is 2.27. The third kappa shape index (κ3) is 3.63. The summed E-state index contributed by atoms with van der Waals surface area (Å²) in [5.41, 5.74) is 0.712. The molecule has 0 N–H and O–H groups in total. The Morgan fingerprint density at radius 1 is 1.12 bits per heavy atom. The molecule has 2 heterocycles. The van der Waals surface area contributed by atoms with E-state index in [1.165, 1.54) is 22.3 Å². The standard InChI is InChI=1S/C17H19FN4O2S/c1-20(2)17(24)22-9-7-21(8-10-22)16(23)14-11-25-15(19-14)12-5-3-4-6-13(12)18/h3-6,11H,7-10H2,1-2H3. The van der Waals surface area contributed by atoms with Crippen LogP contribution in [0.2, 0.25) is 0 Å². The second-order valence-corrected chi connectivity index (χ2v) is 6.83. The minimum atomic E-state index is -0.355. The molecule has 25 heavy (non-hydrogen) atoms. The van der Waals surface area contributed by atoms with Crippen LogP contribution in [-0.2, 0) is 0 Å². The van der Waals surface area contributed by atoms with Gasteiger partial charge < -0.3 is 14.7 Å². The Kier molecular flexibility index (Phi) is 4.98. The molecular formula is C17H19FN4O2S. The van der Waals surface area contributed by atoms with Crippen LogP contribution >= 0.6 is 11.3 Å². The number of piperazine rings is 1. The topological polar surface area (TPSA) is 56.8 Å². The molecular weight excluding hydrogens is 343 g/mol. The zero-order valence-corrected chi connectivity index (χ0v) is 14.9. The summed E-state index contributed by atoms with van der Waals surface area (Å²) >= 11 is 1.25. The first-order chi connectivity index (χ1) is 12.0. The van der Waals surface area contributed by atoms with Gasteiger partial charge in [0.2, 0.25) is 0 Å². The van der Waals surface area contributed by atoms with Crippen molar-refractivity contribution in [2.45, 2.75) is 0 Å². The quantitative estimate of drug-likeness (QED) is 0.824. The second kappa shape index (κ2) is 7.18. The fourth-order valence-electron chi connectivity index (χ4n) is 2.68. The summed E-state index contributed by atoms with van der Waals surface area (Å²) in [6, 6.07) is 6.32. The number of benzene rings is 1. The lowest BCUT2D eigenvalue weighted by Gasteiger charge is -2.35. The molecule has 3 rings (SSSR count).